The monoisotopic (exact) mass is 508 g/mol. The van der Waals surface area contributed by atoms with Gasteiger partial charge in [-0.25, -0.2) is 0 Å². The van der Waals surface area contributed by atoms with Gasteiger partial charge in [0.25, 0.3) is 0 Å². The average molecular weight is 509 g/mol. The van der Waals surface area contributed by atoms with E-state index in [9.17, 15) is 0 Å². The van der Waals surface area contributed by atoms with Gasteiger partial charge in [0.1, 0.15) is 12.0 Å². The Balaban J connectivity index is 1.25. The predicted octanol–water partition coefficient (Wildman–Crippen LogP) is 4.79. The maximum absolute atomic E-state index is 6.61. The molecular weight excluding hydrogens is 464 g/mol. The molecule has 7 atom stereocenters. The van der Waals surface area contributed by atoms with Crippen molar-refractivity contribution in [2.24, 2.45) is 11.8 Å². The SMILES string of the molecule is CCO[C@H]1[C@H]2CC/C=C\CCCCN3CCC4=C(C3)[C@H]2N2[C@H](COCc3ccc(OC)cc3)CO[C@H]2[C@@H]41. The molecule has 5 bridgehead atoms. The summed E-state index contributed by atoms with van der Waals surface area (Å²) in [7, 11) is 1.70. The van der Waals surface area contributed by atoms with E-state index in [2.05, 4.69) is 41.0 Å². The van der Waals surface area contributed by atoms with Crippen LogP contribution in [0.15, 0.2) is 47.6 Å². The summed E-state index contributed by atoms with van der Waals surface area (Å²) in [5.41, 5.74) is 4.54. The second kappa shape index (κ2) is 11.6. The maximum atomic E-state index is 6.61. The van der Waals surface area contributed by atoms with E-state index in [1.54, 1.807) is 18.3 Å². The van der Waals surface area contributed by atoms with Crippen molar-refractivity contribution in [3.8, 4) is 5.75 Å². The number of benzene rings is 1. The summed E-state index contributed by atoms with van der Waals surface area (Å²) in [6.45, 7) is 8.52. The van der Waals surface area contributed by atoms with Gasteiger partial charge in [-0.05, 0) is 75.3 Å². The van der Waals surface area contributed by atoms with Crippen molar-refractivity contribution in [2.45, 2.75) is 76.5 Å². The highest BCUT2D eigenvalue weighted by Crippen LogP contribution is 2.54. The molecule has 2 fully saturated rings. The Hall–Kier alpha value is -1.70. The highest BCUT2D eigenvalue weighted by Gasteiger charge is 2.61. The molecule has 6 heteroatoms. The number of nitrogens with zero attached hydrogens (tertiary/aromatic N) is 2. The first-order chi connectivity index (χ1) is 18.3. The molecule has 1 aromatic rings. The van der Waals surface area contributed by atoms with Gasteiger partial charge in [0, 0.05) is 37.6 Å². The molecule has 0 N–H and O–H groups in total. The molecule has 2 saturated heterocycles. The molecule has 0 amide bonds. The fourth-order valence-corrected chi connectivity index (χ4v) is 7.65. The molecule has 1 unspecified atom stereocenters. The summed E-state index contributed by atoms with van der Waals surface area (Å²) < 4.78 is 24.8. The summed E-state index contributed by atoms with van der Waals surface area (Å²) in [6.07, 6.45) is 12.5. The second-order valence-electron chi connectivity index (χ2n) is 11.4. The van der Waals surface area contributed by atoms with Crippen LogP contribution in [0.25, 0.3) is 0 Å². The van der Waals surface area contributed by atoms with E-state index in [1.807, 2.05) is 12.1 Å². The third-order valence-corrected chi connectivity index (χ3v) is 9.27. The Morgan fingerprint density at radius 1 is 1.03 bits per heavy atom. The number of piperidine rings is 1. The summed E-state index contributed by atoms with van der Waals surface area (Å²) in [5.74, 6) is 1.75. The number of hydrogen-bond acceptors (Lipinski definition) is 6. The van der Waals surface area contributed by atoms with Crippen LogP contribution in [0.3, 0.4) is 0 Å². The number of ether oxygens (including phenoxy) is 4. The minimum Gasteiger partial charge on any atom is -0.497 e. The van der Waals surface area contributed by atoms with Crippen molar-refractivity contribution in [2.75, 3.05) is 46.6 Å². The van der Waals surface area contributed by atoms with E-state index >= 15 is 0 Å². The van der Waals surface area contributed by atoms with Gasteiger partial charge in [-0.3, -0.25) is 9.80 Å². The Kier molecular flexibility index (Phi) is 8.01. The van der Waals surface area contributed by atoms with Crippen LogP contribution < -0.4 is 4.74 Å². The Labute approximate surface area is 222 Å². The number of rotatable bonds is 7. The molecule has 0 spiro atoms. The van der Waals surface area contributed by atoms with Gasteiger partial charge in [-0.2, -0.15) is 0 Å². The van der Waals surface area contributed by atoms with Crippen LogP contribution in [-0.2, 0) is 20.8 Å². The molecule has 6 nitrogen and oxygen atoms in total. The largest absolute Gasteiger partial charge is 0.497 e. The second-order valence-corrected chi connectivity index (χ2v) is 11.4. The van der Waals surface area contributed by atoms with Crippen molar-refractivity contribution in [3.63, 3.8) is 0 Å². The number of hydrogen-bond donors (Lipinski definition) is 0. The van der Waals surface area contributed by atoms with Crippen LogP contribution in [-0.4, -0.2) is 80.8 Å². The molecule has 5 aliphatic heterocycles. The van der Waals surface area contributed by atoms with E-state index in [4.69, 9.17) is 18.9 Å². The highest BCUT2D eigenvalue weighted by atomic mass is 16.5. The van der Waals surface area contributed by atoms with Crippen LogP contribution in [0.2, 0.25) is 0 Å². The normalized spacial score (nSPS) is 36.5. The van der Waals surface area contributed by atoms with Gasteiger partial charge in [0.2, 0.25) is 0 Å². The lowest BCUT2D eigenvalue weighted by atomic mass is 9.63. The molecular formula is C31H44N2O4. The smallest absolute Gasteiger partial charge is 0.120 e. The van der Waals surface area contributed by atoms with Crippen LogP contribution in [0, 0.1) is 11.8 Å². The molecule has 1 aliphatic carbocycles. The molecule has 202 valence electrons. The van der Waals surface area contributed by atoms with E-state index in [0.29, 0.717) is 31.1 Å². The molecule has 5 heterocycles. The van der Waals surface area contributed by atoms with Crippen molar-refractivity contribution in [1.29, 1.82) is 0 Å². The molecule has 7 rings (SSSR count). The summed E-state index contributed by atoms with van der Waals surface area (Å²) in [4.78, 5) is 5.44. The lowest BCUT2D eigenvalue weighted by Crippen LogP contribution is -2.68. The quantitative estimate of drug-likeness (QED) is 0.493. The van der Waals surface area contributed by atoms with Crippen molar-refractivity contribution in [3.05, 3.63) is 53.1 Å². The zero-order valence-corrected chi connectivity index (χ0v) is 22.6. The van der Waals surface area contributed by atoms with E-state index in [1.165, 1.54) is 50.8 Å². The Morgan fingerprint density at radius 3 is 2.73 bits per heavy atom. The fraction of sp³-hybridized carbons (Fsp3) is 0.677. The molecule has 37 heavy (non-hydrogen) atoms. The van der Waals surface area contributed by atoms with Gasteiger partial charge in [0.05, 0.1) is 39.1 Å². The topological polar surface area (TPSA) is 43.4 Å². The molecule has 6 aliphatic rings. The number of methoxy groups -OCH3 is 1. The van der Waals surface area contributed by atoms with Gasteiger partial charge in [0.15, 0.2) is 0 Å². The lowest BCUT2D eigenvalue weighted by Gasteiger charge is -2.59. The van der Waals surface area contributed by atoms with Crippen LogP contribution in [0.4, 0.5) is 0 Å². The van der Waals surface area contributed by atoms with E-state index in [0.717, 1.165) is 31.9 Å². The maximum Gasteiger partial charge on any atom is 0.120 e. The van der Waals surface area contributed by atoms with Gasteiger partial charge >= 0.3 is 0 Å². The summed E-state index contributed by atoms with van der Waals surface area (Å²) >= 11 is 0. The Morgan fingerprint density at radius 2 is 1.89 bits per heavy atom. The number of fused-ring (bicyclic) bond motifs is 1. The van der Waals surface area contributed by atoms with Gasteiger partial charge < -0.3 is 18.9 Å². The first-order valence-electron chi connectivity index (χ1n) is 14.6. The summed E-state index contributed by atoms with van der Waals surface area (Å²) in [6, 6.07) is 8.87. The molecule has 1 aromatic carbocycles. The minimum atomic E-state index is 0.129. The predicted molar refractivity (Wildman–Crippen MR) is 145 cm³/mol. The van der Waals surface area contributed by atoms with Crippen LogP contribution >= 0.6 is 0 Å². The third kappa shape index (κ3) is 5.04. The Bertz CT molecular complexity index is 976. The van der Waals surface area contributed by atoms with Crippen molar-refractivity contribution < 1.29 is 18.9 Å². The van der Waals surface area contributed by atoms with Crippen LogP contribution in [0.5, 0.6) is 5.75 Å². The number of allylic oxidation sites excluding steroid dienone is 2. The lowest BCUT2D eigenvalue weighted by molar-refractivity contribution is -0.168. The molecule has 0 saturated carbocycles. The third-order valence-electron chi connectivity index (χ3n) is 9.27. The van der Waals surface area contributed by atoms with Crippen LogP contribution in [0.1, 0.15) is 51.0 Å². The standard InChI is InChI=1S/C31H44N2O4/c1-3-36-30-26-10-8-6-4-5-7-9-16-32-17-15-25-27(18-32)29(26)33-23(21-37-31(33)28(25)30)20-35-19-22-11-13-24(34-2)14-12-22/h4,6,11-14,23,26,28-31H,3,5,7-10,15-21H2,1-2H3/b6-4-/t23-,26+,28+,29+,30+,31+/m1/s1. The first kappa shape index (κ1) is 25.6. The van der Waals surface area contributed by atoms with Gasteiger partial charge in [-0.1, -0.05) is 29.9 Å². The molecule has 0 radical (unpaired) electrons. The zero-order chi connectivity index (χ0) is 25.2. The van der Waals surface area contributed by atoms with Crippen molar-refractivity contribution >= 4 is 0 Å². The summed E-state index contributed by atoms with van der Waals surface area (Å²) in [5, 5.41) is 0. The average Bonchev–Trinajstić information content (AvgIpc) is 3.35. The highest BCUT2D eigenvalue weighted by molar-refractivity contribution is 5.38. The van der Waals surface area contributed by atoms with Crippen molar-refractivity contribution in [1.82, 2.24) is 9.80 Å². The fourth-order valence-electron chi connectivity index (χ4n) is 7.65. The zero-order valence-electron chi connectivity index (χ0n) is 22.6. The van der Waals surface area contributed by atoms with Gasteiger partial charge in [-0.15, -0.1) is 0 Å². The van der Waals surface area contributed by atoms with E-state index < -0.39 is 0 Å². The molecule has 0 aromatic heterocycles. The van der Waals surface area contributed by atoms with E-state index in [-0.39, 0.29) is 18.4 Å². The first-order valence-corrected chi connectivity index (χ1v) is 14.6. The minimum absolute atomic E-state index is 0.129.